The Morgan fingerprint density at radius 1 is 1.42 bits per heavy atom. The monoisotopic (exact) mass is 267 g/mol. The van der Waals surface area contributed by atoms with Crippen molar-refractivity contribution in [1.29, 1.82) is 0 Å². The number of alkyl halides is 2. The van der Waals surface area contributed by atoms with Crippen LogP contribution in [0.1, 0.15) is 11.3 Å². The van der Waals surface area contributed by atoms with Gasteiger partial charge in [0.25, 0.3) is 0 Å². The molecule has 0 amide bonds. The van der Waals surface area contributed by atoms with Crippen molar-refractivity contribution in [1.82, 2.24) is 4.98 Å². The Balaban J connectivity index is 2.94. The molecule has 0 bridgehead atoms. The average Bonchev–Trinajstić information content (AvgIpc) is 2.08. The van der Waals surface area contributed by atoms with E-state index in [-0.39, 0.29) is 0 Å². The van der Waals surface area contributed by atoms with Gasteiger partial charge in [0.05, 0.1) is 0 Å². The third-order valence-corrected chi connectivity index (χ3v) is 2.41. The van der Waals surface area contributed by atoms with Crippen molar-refractivity contribution in [2.45, 2.75) is 12.3 Å². The van der Waals surface area contributed by atoms with Gasteiger partial charge in [-0.05, 0) is 27.6 Å². The zero-order valence-electron chi connectivity index (χ0n) is 6.36. The molecule has 0 atom stereocenters. The van der Waals surface area contributed by atoms with Crippen LogP contribution in [0.4, 0.5) is 0 Å². The maximum absolute atomic E-state index is 5.74. The van der Waals surface area contributed by atoms with Crippen LogP contribution in [-0.4, -0.2) is 10.9 Å². The lowest BCUT2D eigenvalue weighted by molar-refractivity contribution is 1.00. The van der Waals surface area contributed by atoms with Gasteiger partial charge < -0.3 is 0 Å². The third kappa shape index (κ3) is 2.61. The van der Waals surface area contributed by atoms with Crippen LogP contribution in [0.25, 0.3) is 0 Å². The summed E-state index contributed by atoms with van der Waals surface area (Å²) in [6, 6.07) is 1.97. The number of hydrogen-bond acceptors (Lipinski definition) is 1. The Bertz CT molecular complexity index is 265. The molecule has 4 heteroatoms. The molecule has 0 aromatic carbocycles. The summed E-state index contributed by atoms with van der Waals surface area (Å²) < 4.78 is 0.955. The van der Waals surface area contributed by atoms with E-state index in [0.717, 1.165) is 22.2 Å². The molecule has 1 aromatic heterocycles. The van der Waals surface area contributed by atoms with Crippen LogP contribution in [0, 0.1) is 0 Å². The second-order valence-electron chi connectivity index (χ2n) is 2.33. The second kappa shape index (κ2) is 5.05. The largest absolute Gasteiger partial charge is 0.260 e. The summed E-state index contributed by atoms with van der Waals surface area (Å²) >= 11 is 14.7. The molecule has 0 aliphatic carbocycles. The maximum Gasteiger partial charge on any atom is 0.0492 e. The fourth-order valence-electron chi connectivity index (χ4n) is 0.940. The van der Waals surface area contributed by atoms with Gasteiger partial charge in [-0.25, -0.2) is 0 Å². The number of aryl methyl sites for hydroxylation is 1. The van der Waals surface area contributed by atoms with E-state index in [1.54, 1.807) is 6.20 Å². The van der Waals surface area contributed by atoms with E-state index < -0.39 is 0 Å². The number of halogens is 3. The molecule has 12 heavy (non-hydrogen) atoms. The molecule has 0 radical (unpaired) electrons. The highest BCUT2D eigenvalue weighted by atomic mass is 79.9. The lowest BCUT2D eigenvalue weighted by atomic mass is 10.2. The molecule has 0 unspecified atom stereocenters. The fourth-order valence-corrected chi connectivity index (χ4v) is 1.73. The van der Waals surface area contributed by atoms with Gasteiger partial charge >= 0.3 is 0 Å². The van der Waals surface area contributed by atoms with Crippen molar-refractivity contribution >= 4 is 39.1 Å². The Morgan fingerprint density at radius 3 is 2.75 bits per heavy atom. The molecule has 1 nitrogen and oxygen atoms in total. The standard InChI is InChI=1S/C8H8BrCl2N/c9-7-3-6(4-11)8(1-2-10)12-5-7/h3,5H,1-2,4H2. The van der Waals surface area contributed by atoms with Gasteiger partial charge in [-0.3, -0.25) is 4.98 Å². The molecular formula is C8H8BrCl2N. The molecule has 1 aromatic rings. The van der Waals surface area contributed by atoms with E-state index in [0.29, 0.717) is 11.8 Å². The molecule has 0 spiro atoms. The van der Waals surface area contributed by atoms with Crippen LogP contribution in [0.3, 0.4) is 0 Å². The van der Waals surface area contributed by atoms with Crippen molar-refractivity contribution in [3.05, 3.63) is 28.0 Å². The average molecular weight is 269 g/mol. The predicted molar refractivity (Wildman–Crippen MR) is 55.9 cm³/mol. The van der Waals surface area contributed by atoms with Crippen LogP contribution in [0.2, 0.25) is 0 Å². The summed E-state index contributed by atoms with van der Waals surface area (Å²) in [5.74, 6) is 1.07. The van der Waals surface area contributed by atoms with E-state index in [1.807, 2.05) is 6.07 Å². The van der Waals surface area contributed by atoms with Gasteiger partial charge in [0, 0.05) is 34.5 Å². The normalized spacial score (nSPS) is 10.2. The first kappa shape index (κ1) is 10.3. The molecule has 0 aliphatic rings. The quantitative estimate of drug-likeness (QED) is 0.766. The van der Waals surface area contributed by atoms with Gasteiger partial charge in [0.1, 0.15) is 0 Å². The molecule has 0 saturated heterocycles. The lowest BCUT2D eigenvalue weighted by Crippen LogP contribution is -1.96. The number of rotatable bonds is 3. The van der Waals surface area contributed by atoms with Crippen LogP contribution in [0.5, 0.6) is 0 Å². The van der Waals surface area contributed by atoms with Gasteiger partial charge in [0.2, 0.25) is 0 Å². The van der Waals surface area contributed by atoms with E-state index in [9.17, 15) is 0 Å². The molecule has 0 aliphatic heterocycles. The highest BCUT2D eigenvalue weighted by Crippen LogP contribution is 2.16. The van der Waals surface area contributed by atoms with Crippen LogP contribution in [-0.2, 0) is 12.3 Å². The van der Waals surface area contributed by atoms with E-state index in [2.05, 4.69) is 20.9 Å². The van der Waals surface area contributed by atoms with E-state index >= 15 is 0 Å². The zero-order valence-corrected chi connectivity index (χ0v) is 9.45. The fraction of sp³-hybridized carbons (Fsp3) is 0.375. The first-order chi connectivity index (χ1) is 5.77. The van der Waals surface area contributed by atoms with Crippen molar-refractivity contribution in [2.75, 3.05) is 5.88 Å². The van der Waals surface area contributed by atoms with Gasteiger partial charge in [0.15, 0.2) is 0 Å². The smallest absolute Gasteiger partial charge is 0.0492 e. The highest BCUT2D eigenvalue weighted by Gasteiger charge is 2.02. The van der Waals surface area contributed by atoms with Crippen LogP contribution >= 0.6 is 39.1 Å². The molecule has 0 N–H and O–H groups in total. The molecule has 1 heterocycles. The first-order valence-corrected chi connectivity index (χ1v) is 5.39. The van der Waals surface area contributed by atoms with E-state index in [4.69, 9.17) is 23.2 Å². The predicted octanol–water partition coefficient (Wildman–Crippen LogP) is 3.36. The van der Waals surface area contributed by atoms with Gasteiger partial charge in [-0.1, -0.05) is 0 Å². The number of nitrogens with zero attached hydrogens (tertiary/aromatic N) is 1. The number of pyridine rings is 1. The summed E-state index contributed by atoms with van der Waals surface area (Å²) in [7, 11) is 0. The van der Waals surface area contributed by atoms with Gasteiger partial charge in [-0.15, -0.1) is 23.2 Å². The van der Waals surface area contributed by atoms with Crippen molar-refractivity contribution in [3.63, 3.8) is 0 Å². The second-order valence-corrected chi connectivity index (χ2v) is 3.89. The SMILES string of the molecule is ClCCc1ncc(Br)cc1CCl. The molecule has 66 valence electrons. The molecule has 1 rings (SSSR count). The summed E-state index contributed by atoms with van der Waals surface area (Å²) in [6.07, 6.45) is 2.54. The highest BCUT2D eigenvalue weighted by molar-refractivity contribution is 9.10. The number of aromatic nitrogens is 1. The zero-order chi connectivity index (χ0) is 8.97. The van der Waals surface area contributed by atoms with Crippen molar-refractivity contribution < 1.29 is 0 Å². The Labute approximate surface area is 90.2 Å². The Morgan fingerprint density at radius 2 is 2.17 bits per heavy atom. The summed E-state index contributed by atoms with van der Waals surface area (Å²) in [4.78, 5) is 4.22. The third-order valence-electron chi connectivity index (χ3n) is 1.50. The van der Waals surface area contributed by atoms with Gasteiger partial charge in [-0.2, -0.15) is 0 Å². The molecule has 0 saturated carbocycles. The summed E-state index contributed by atoms with van der Waals surface area (Å²) in [5, 5.41) is 0. The summed E-state index contributed by atoms with van der Waals surface area (Å²) in [6.45, 7) is 0. The molecule has 0 fully saturated rings. The van der Waals surface area contributed by atoms with Crippen LogP contribution in [0.15, 0.2) is 16.7 Å². The van der Waals surface area contributed by atoms with Crippen molar-refractivity contribution in [2.24, 2.45) is 0 Å². The minimum absolute atomic E-state index is 0.485. The Kier molecular flexibility index (Phi) is 4.33. The minimum Gasteiger partial charge on any atom is -0.260 e. The molecular weight excluding hydrogens is 261 g/mol. The topological polar surface area (TPSA) is 12.9 Å². The van der Waals surface area contributed by atoms with E-state index in [1.165, 1.54) is 0 Å². The maximum atomic E-state index is 5.74. The summed E-state index contributed by atoms with van der Waals surface area (Å²) in [5.41, 5.74) is 2.04. The Hall–Kier alpha value is 0.210. The number of hydrogen-bond donors (Lipinski definition) is 0. The van der Waals surface area contributed by atoms with Crippen molar-refractivity contribution in [3.8, 4) is 0 Å². The van der Waals surface area contributed by atoms with Crippen LogP contribution < -0.4 is 0 Å². The lowest BCUT2D eigenvalue weighted by Gasteiger charge is -2.03. The first-order valence-electron chi connectivity index (χ1n) is 3.53. The minimum atomic E-state index is 0.485.